The zero-order chi connectivity index (χ0) is 13.9. The molecule has 1 aromatic heterocycles. The highest BCUT2D eigenvalue weighted by Crippen LogP contribution is 2.19. The number of nitrogens with one attached hydrogen (secondary N) is 1. The molecule has 7 heteroatoms. The fourth-order valence-electron chi connectivity index (χ4n) is 2.17. The van der Waals surface area contributed by atoms with Crippen molar-refractivity contribution in [1.29, 1.82) is 0 Å². The number of aromatic nitrogens is 1. The predicted octanol–water partition coefficient (Wildman–Crippen LogP) is 1.93. The zero-order valence-electron chi connectivity index (χ0n) is 10.8. The molecule has 1 fully saturated rings. The summed E-state index contributed by atoms with van der Waals surface area (Å²) >= 11 is 3.35. The lowest BCUT2D eigenvalue weighted by molar-refractivity contribution is 0.283. The van der Waals surface area contributed by atoms with Gasteiger partial charge in [-0.1, -0.05) is 0 Å². The predicted molar refractivity (Wildman–Crippen MR) is 79.6 cm³/mol. The van der Waals surface area contributed by atoms with Gasteiger partial charge >= 0.3 is 0 Å². The Kier molecular flexibility index (Phi) is 4.81. The van der Waals surface area contributed by atoms with E-state index in [2.05, 4.69) is 26.2 Å². The Labute approximate surface area is 122 Å². The minimum Gasteiger partial charge on any atom is -0.370 e. The summed E-state index contributed by atoms with van der Waals surface area (Å²) in [5, 5.41) is 3.30. The fourth-order valence-corrected chi connectivity index (χ4v) is 3.28. The normalized spacial score (nSPS) is 18.4. The molecule has 0 unspecified atom stereocenters. The van der Waals surface area contributed by atoms with Gasteiger partial charge in [-0.2, -0.15) is 0 Å². The van der Waals surface area contributed by atoms with Gasteiger partial charge in [-0.3, -0.25) is 0 Å². The van der Waals surface area contributed by atoms with Crippen LogP contribution in [0.3, 0.4) is 0 Å². The van der Waals surface area contributed by atoms with Crippen LogP contribution in [0.4, 0.5) is 5.82 Å². The van der Waals surface area contributed by atoms with E-state index >= 15 is 0 Å². The average molecular weight is 348 g/mol. The lowest BCUT2D eigenvalue weighted by Gasteiger charge is -2.30. The van der Waals surface area contributed by atoms with Crippen molar-refractivity contribution in [3.8, 4) is 0 Å². The Bertz CT molecular complexity index is 510. The second kappa shape index (κ2) is 6.19. The minimum absolute atomic E-state index is 0.503. The number of hydrogen-bond donors (Lipinski definition) is 1. The summed E-state index contributed by atoms with van der Waals surface area (Å²) < 4.78 is 25.3. The number of pyridine rings is 1. The van der Waals surface area contributed by atoms with Gasteiger partial charge in [-0.15, -0.1) is 0 Å². The van der Waals surface area contributed by atoms with Crippen molar-refractivity contribution >= 4 is 31.8 Å². The summed E-state index contributed by atoms with van der Waals surface area (Å²) in [4.78, 5) is 4.25. The van der Waals surface area contributed by atoms with Crippen LogP contribution in [0.15, 0.2) is 22.8 Å². The Morgan fingerprint density at radius 1 is 1.42 bits per heavy atom. The smallest absolute Gasteiger partial charge is 0.211 e. The van der Waals surface area contributed by atoms with Crippen LogP contribution >= 0.6 is 15.9 Å². The molecule has 106 valence electrons. The highest BCUT2D eigenvalue weighted by molar-refractivity contribution is 9.10. The maximum absolute atomic E-state index is 11.4. The first-order chi connectivity index (χ1) is 8.95. The van der Waals surface area contributed by atoms with Gasteiger partial charge in [0.05, 0.1) is 6.26 Å². The van der Waals surface area contributed by atoms with Crippen LogP contribution in [0.1, 0.15) is 12.8 Å². The van der Waals surface area contributed by atoms with Gasteiger partial charge in [-0.05, 0) is 46.8 Å². The van der Waals surface area contributed by atoms with E-state index in [1.165, 1.54) is 6.26 Å². The van der Waals surface area contributed by atoms with Crippen LogP contribution < -0.4 is 5.32 Å². The highest BCUT2D eigenvalue weighted by Gasteiger charge is 2.24. The van der Waals surface area contributed by atoms with Gasteiger partial charge in [0.15, 0.2) is 0 Å². The van der Waals surface area contributed by atoms with Crippen LogP contribution in [0, 0.1) is 5.92 Å². The second-order valence-corrected chi connectivity index (χ2v) is 7.75. The molecule has 1 aliphatic heterocycles. The number of anilines is 1. The molecular weight excluding hydrogens is 330 g/mol. The quantitative estimate of drug-likeness (QED) is 0.903. The minimum atomic E-state index is -3.03. The van der Waals surface area contributed by atoms with Crippen LogP contribution in [-0.4, -0.2) is 43.6 Å². The van der Waals surface area contributed by atoms with Crippen molar-refractivity contribution in [2.45, 2.75) is 12.8 Å². The number of halogens is 1. The van der Waals surface area contributed by atoms with Crippen molar-refractivity contribution in [2.75, 3.05) is 31.2 Å². The van der Waals surface area contributed by atoms with Gasteiger partial charge in [-0.25, -0.2) is 17.7 Å². The first kappa shape index (κ1) is 14.7. The van der Waals surface area contributed by atoms with Gasteiger partial charge < -0.3 is 5.32 Å². The Hall–Kier alpha value is -0.660. The molecule has 1 N–H and O–H groups in total. The Balaban J connectivity index is 1.78. The maximum Gasteiger partial charge on any atom is 0.211 e. The molecule has 2 heterocycles. The van der Waals surface area contributed by atoms with E-state index in [0.29, 0.717) is 19.0 Å². The molecule has 2 rings (SSSR count). The number of hydrogen-bond acceptors (Lipinski definition) is 4. The lowest BCUT2D eigenvalue weighted by atomic mass is 9.98. The number of nitrogens with zero attached hydrogens (tertiary/aromatic N) is 2. The number of rotatable bonds is 4. The van der Waals surface area contributed by atoms with E-state index in [4.69, 9.17) is 0 Å². The lowest BCUT2D eigenvalue weighted by Crippen LogP contribution is -2.39. The molecule has 0 bridgehead atoms. The standard InChI is InChI=1S/C12H18BrN3O2S/c1-19(17,18)16-6-4-10(5-7-16)8-14-12-3-2-11(13)9-15-12/h2-3,9-10H,4-8H2,1H3,(H,14,15). The molecule has 0 amide bonds. The molecular formula is C12H18BrN3O2S. The third-order valence-electron chi connectivity index (χ3n) is 3.34. The molecule has 1 aromatic rings. The summed E-state index contributed by atoms with van der Waals surface area (Å²) in [5.41, 5.74) is 0. The van der Waals surface area contributed by atoms with Gasteiger partial charge in [0.1, 0.15) is 5.82 Å². The van der Waals surface area contributed by atoms with Crippen LogP contribution in [0.2, 0.25) is 0 Å². The fraction of sp³-hybridized carbons (Fsp3) is 0.583. The van der Waals surface area contributed by atoms with E-state index in [1.54, 1.807) is 10.5 Å². The van der Waals surface area contributed by atoms with Gasteiger partial charge in [0, 0.05) is 30.3 Å². The topological polar surface area (TPSA) is 62.3 Å². The van der Waals surface area contributed by atoms with Crippen LogP contribution in [0.5, 0.6) is 0 Å². The molecule has 0 saturated carbocycles. The van der Waals surface area contributed by atoms with Gasteiger partial charge in [0.25, 0.3) is 0 Å². The van der Waals surface area contributed by atoms with Crippen molar-refractivity contribution < 1.29 is 8.42 Å². The van der Waals surface area contributed by atoms with E-state index in [0.717, 1.165) is 29.7 Å². The first-order valence-corrected chi connectivity index (χ1v) is 8.90. The maximum atomic E-state index is 11.4. The third-order valence-corrected chi connectivity index (χ3v) is 5.11. The SMILES string of the molecule is CS(=O)(=O)N1CCC(CNc2ccc(Br)cn2)CC1. The van der Waals surface area contributed by atoms with Crippen molar-refractivity contribution in [1.82, 2.24) is 9.29 Å². The summed E-state index contributed by atoms with van der Waals surface area (Å²) in [6, 6.07) is 3.87. The Morgan fingerprint density at radius 2 is 2.11 bits per heavy atom. The molecule has 5 nitrogen and oxygen atoms in total. The third kappa shape index (κ3) is 4.43. The molecule has 19 heavy (non-hydrogen) atoms. The van der Waals surface area contributed by atoms with Crippen molar-refractivity contribution in [3.63, 3.8) is 0 Å². The van der Waals surface area contributed by atoms with Crippen molar-refractivity contribution in [3.05, 3.63) is 22.8 Å². The highest BCUT2D eigenvalue weighted by atomic mass is 79.9. The number of piperidine rings is 1. The van der Waals surface area contributed by atoms with E-state index in [-0.39, 0.29) is 0 Å². The van der Waals surface area contributed by atoms with E-state index < -0.39 is 10.0 Å². The van der Waals surface area contributed by atoms with Crippen LogP contribution in [0.25, 0.3) is 0 Å². The largest absolute Gasteiger partial charge is 0.370 e. The summed E-state index contributed by atoms with van der Waals surface area (Å²) in [6.45, 7) is 2.09. The summed E-state index contributed by atoms with van der Waals surface area (Å²) in [5.74, 6) is 1.36. The second-order valence-electron chi connectivity index (χ2n) is 4.85. The molecule has 1 aliphatic rings. The van der Waals surface area contributed by atoms with Crippen LogP contribution in [-0.2, 0) is 10.0 Å². The first-order valence-electron chi connectivity index (χ1n) is 6.26. The molecule has 0 atom stereocenters. The Morgan fingerprint density at radius 3 is 2.63 bits per heavy atom. The van der Waals surface area contributed by atoms with Gasteiger partial charge in [0.2, 0.25) is 10.0 Å². The molecule has 0 aromatic carbocycles. The monoisotopic (exact) mass is 347 g/mol. The molecule has 0 aliphatic carbocycles. The molecule has 0 spiro atoms. The van der Waals surface area contributed by atoms with E-state index in [1.807, 2.05) is 12.1 Å². The average Bonchev–Trinajstić information content (AvgIpc) is 2.37. The number of sulfonamides is 1. The summed E-state index contributed by atoms with van der Waals surface area (Å²) in [7, 11) is -3.03. The van der Waals surface area contributed by atoms with E-state index in [9.17, 15) is 8.42 Å². The molecule has 0 radical (unpaired) electrons. The molecule has 1 saturated heterocycles. The summed E-state index contributed by atoms with van der Waals surface area (Å²) in [6.07, 6.45) is 4.83. The zero-order valence-corrected chi connectivity index (χ0v) is 13.2. The van der Waals surface area contributed by atoms with Crippen molar-refractivity contribution in [2.24, 2.45) is 5.92 Å².